The van der Waals surface area contributed by atoms with Gasteiger partial charge < -0.3 is 47.4 Å². The van der Waals surface area contributed by atoms with E-state index in [1.807, 2.05) is 14.1 Å². The fraction of sp³-hybridized carbons (Fsp3) is 0.806. The molecular weight excluding hydrogens is 598 g/mol. The van der Waals surface area contributed by atoms with Gasteiger partial charge in [0.2, 0.25) is 17.7 Å². The molecule has 0 aromatic heterocycles. The van der Waals surface area contributed by atoms with Crippen LogP contribution in [0.4, 0.5) is 0 Å². The van der Waals surface area contributed by atoms with Gasteiger partial charge >= 0.3 is 5.97 Å². The average molecular weight is 658 g/mol. The first-order valence-electron chi connectivity index (χ1n) is 16.4. The monoisotopic (exact) mass is 657 g/mol. The van der Waals surface area contributed by atoms with Gasteiger partial charge in [-0.15, -0.1) is 0 Å². The second kappa shape index (κ2) is 27.2. The third-order valence-corrected chi connectivity index (χ3v) is 7.78. The van der Waals surface area contributed by atoms with Crippen molar-refractivity contribution in [2.75, 3.05) is 67.5 Å². The first kappa shape index (κ1) is 43.0. The van der Waals surface area contributed by atoms with E-state index in [1.165, 1.54) is 0 Å². The second-order valence-corrected chi connectivity index (χ2v) is 11.5. The molecule has 0 radical (unpaired) electrons. The van der Waals surface area contributed by atoms with Gasteiger partial charge in [-0.3, -0.25) is 28.8 Å². The molecule has 0 fully saturated rings. The van der Waals surface area contributed by atoms with Crippen molar-refractivity contribution in [3.8, 4) is 0 Å². The molecule has 0 aromatic carbocycles. The van der Waals surface area contributed by atoms with Gasteiger partial charge in [-0.05, 0) is 79.8 Å². The molecule has 0 saturated heterocycles. The summed E-state index contributed by atoms with van der Waals surface area (Å²) < 4.78 is 0. The van der Waals surface area contributed by atoms with Gasteiger partial charge in [0, 0.05) is 25.3 Å². The number of unbranched alkanes of at least 4 members (excludes halogenated alkanes) is 3. The minimum absolute atomic E-state index is 0.0186. The van der Waals surface area contributed by atoms with E-state index in [0.29, 0.717) is 32.2 Å². The van der Waals surface area contributed by atoms with Crippen LogP contribution in [0.3, 0.4) is 0 Å². The molecule has 0 aromatic rings. The van der Waals surface area contributed by atoms with Crippen LogP contribution in [-0.4, -0.2) is 125 Å². The van der Waals surface area contributed by atoms with Crippen molar-refractivity contribution in [2.24, 2.45) is 11.8 Å². The first-order chi connectivity index (χ1) is 22.0. The van der Waals surface area contributed by atoms with Crippen LogP contribution >= 0.6 is 0 Å². The van der Waals surface area contributed by atoms with Crippen LogP contribution < -0.4 is 37.2 Å². The summed E-state index contributed by atoms with van der Waals surface area (Å²) in [5.41, 5.74) is 0. The number of aliphatic hydroxyl groups excluding tert-OH is 1. The normalized spacial score (nSPS) is 13.7. The molecule has 15 heteroatoms. The van der Waals surface area contributed by atoms with Crippen LogP contribution in [0, 0.1) is 11.8 Å². The molecule has 4 atom stereocenters. The number of nitrogens with one attached hydrogen (secondary N) is 7. The Morgan fingerprint density at radius 1 is 0.565 bits per heavy atom. The van der Waals surface area contributed by atoms with E-state index >= 15 is 0 Å². The average Bonchev–Trinajstić information content (AvgIpc) is 3.04. The number of hydrogen-bond donors (Lipinski definition) is 9. The molecule has 0 rings (SSSR count). The van der Waals surface area contributed by atoms with Gasteiger partial charge in [0.25, 0.3) is 0 Å². The zero-order chi connectivity index (χ0) is 34.7. The summed E-state index contributed by atoms with van der Waals surface area (Å²) in [6.45, 7) is 0.445. The summed E-state index contributed by atoms with van der Waals surface area (Å²) in [6, 6.07) is -0.694. The van der Waals surface area contributed by atoms with Gasteiger partial charge in [-0.1, -0.05) is 19.3 Å². The molecule has 15 nitrogen and oxygen atoms in total. The van der Waals surface area contributed by atoms with Crippen LogP contribution in [0.25, 0.3) is 0 Å². The molecule has 9 N–H and O–H groups in total. The maximum atomic E-state index is 13.2. The quantitative estimate of drug-likeness (QED) is 0.0411. The van der Waals surface area contributed by atoms with Crippen molar-refractivity contribution in [3.63, 3.8) is 0 Å². The minimum Gasteiger partial charge on any atom is -0.480 e. The van der Waals surface area contributed by atoms with Crippen molar-refractivity contribution >= 4 is 35.3 Å². The Morgan fingerprint density at radius 2 is 1.09 bits per heavy atom. The molecule has 0 saturated carbocycles. The van der Waals surface area contributed by atoms with Crippen molar-refractivity contribution in [1.29, 1.82) is 0 Å². The molecule has 0 bridgehead atoms. The van der Waals surface area contributed by atoms with Gasteiger partial charge in [0.05, 0.1) is 31.2 Å². The second-order valence-electron chi connectivity index (χ2n) is 11.5. The smallest absolute Gasteiger partial charge is 0.322 e. The summed E-state index contributed by atoms with van der Waals surface area (Å²) in [6.07, 6.45) is 6.11. The third kappa shape index (κ3) is 20.2. The Hall–Kier alpha value is -2.98. The number of hydrogen-bond acceptors (Lipinski definition) is 11. The molecule has 0 aliphatic rings. The van der Waals surface area contributed by atoms with Gasteiger partial charge in [0.1, 0.15) is 6.54 Å². The zero-order valence-corrected chi connectivity index (χ0v) is 28.2. The first-order valence-corrected chi connectivity index (χ1v) is 16.4. The Labute approximate surface area is 273 Å². The summed E-state index contributed by atoms with van der Waals surface area (Å²) in [4.78, 5) is 74.2. The van der Waals surface area contributed by atoms with Crippen molar-refractivity contribution in [1.82, 2.24) is 37.2 Å². The number of carboxylic acids is 1. The van der Waals surface area contributed by atoms with Crippen molar-refractivity contribution < 1.29 is 39.0 Å². The van der Waals surface area contributed by atoms with Gasteiger partial charge in [-0.25, -0.2) is 0 Å². The molecule has 3 amide bonds. The number of Topliss-reactive ketones (excluding diaryl/α,β-unsaturated/α-hetero) is 2. The molecule has 0 spiro atoms. The predicted molar refractivity (Wildman–Crippen MR) is 175 cm³/mol. The van der Waals surface area contributed by atoms with Crippen LogP contribution in [-0.2, 0) is 28.8 Å². The summed E-state index contributed by atoms with van der Waals surface area (Å²) in [5.74, 6) is -5.05. The van der Waals surface area contributed by atoms with Crippen LogP contribution in [0.1, 0.15) is 70.6 Å². The van der Waals surface area contributed by atoms with E-state index in [4.69, 9.17) is 5.11 Å². The van der Waals surface area contributed by atoms with Crippen LogP contribution in [0.15, 0.2) is 0 Å². The topological polar surface area (TPSA) is 227 Å². The fourth-order valence-corrected chi connectivity index (χ4v) is 4.96. The fourth-order valence-electron chi connectivity index (χ4n) is 4.96. The lowest BCUT2D eigenvalue weighted by molar-refractivity contribution is -0.139. The van der Waals surface area contributed by atoms with E-state index in [-0.39, 0.29) is 30.6 Å². The Balaban J connectivity index is 5.15. The molecule has 46 heavy (non-hydrogen) atoms. The Bertz CT molecular complexity index is 921. The lowest BCUT2D eigenvalue weighted by atomic mass is 9.91. The van der Waals surface area contributed by atoms with Crippen molar-refractivity contribution in [3.05, 3.63) is 0 Å². The lowest BCUT2D eigenvalue weighted by Gasteiger charge is -2.21. The maximum absolute atomic E-state index is 13.2. The number of aliphatic hydroxyl groups is 1. The molecular formula is C31H59N7O8. The SMILES string of the molecule is CNCCCCC(NC)C(=O)CC(CCCCNC(=O)C(CCCCNC)NC)C(=O)NCC(=O)CC(CO)C(=O)NCC(=O)O. The highest BCUT2D eigenvalue weighted by molar-refractivity contribution is 5.93. The molecule has 0 heterocycles. The summed E-state index contributed by atoms with van der Waals surface area (Å²) in [7, 11) is 7.22. The van der Waals surface area contributed by atoms with Crippen LogP contribution in [0.2, 0.25) is 0 Å². The number of carboxylic acid groups (broad SMARTS) is 1. The van der Waals surface area contributed by atoms with Gasteiger partial charge in [-0.2, -0.15) is 0 Å². The highest BCUT2D eigenvalue weighted by atomic mass is 16.4. The van der Waals surface area contributed by atoms with E-state index in [9.17, 15) is 33.9 Å². The molecule has 4 unspecified atom stereocenters. The van der Waals surface area contributed by atoms with E-state index < -0.39 is 61.1 Å². The van der Waals surface area contributed by atoms with E-state index in [2.05, 4.69) is 37.2 Å². The zero-order valence-electron chi connectivity index (χ0n) is 28.2. The maximum Gasteiger partial charge on any atom is 0.322 e. The number of carbonyl (C=O) groups is 6. The predicted octanol–water partition coefficient (Wildman–Crippen LogP) is -1.31. The van der Waals surface area contributed by atoms with Gasteiger partial charge in [0.15, 0.2) is 11.6 Å². The lowest BCUT2D eigenvalue weighted by Crippen LogP contribution is -2.43. The van der Waals surface area contributed by atoms with Crippen molar-refractivity contribution in [2.45, 2.75) is 82.7 Å². The number of rotatable bonds is 30. The van der Waals surface area contributed by atoms with E-state index in [1.54, 1.807) is 14.1 Å². The Kier molecular flexibility index (Phi) is 25.4. The van der Waals surface area contributed by atoms with Crippen LogP contribution in [0.5, 0.6) is 0 Å². The highest BCUT2D eigenvalue weighted by Gasteiger charge is 2.27. The standard InChI is InChI=1S/C31H59N7O8/c1-32-14-8-6-12-25(34-3)27(41)18-22(11-5-10-16-36-31(46)26(35-4)13-7-9-15-33-2)29(44)37-19-24(40)17-23(21-39)30(45)38-20-28(42)43/h22-23,25-26,32-35,39H,5-21H2,1-4H3,(H,36,46)(H,37,44)(H,38,45)(H,42,43). The number of carbonyl (C=O) groups excluding carboxylic acids is 5. The number of aliphatic carboxylic acids is 1. The Morgan fingerprint density at radius 3 is 1.63 bits per heavy atom. The molecule has 0 aliphatic carbocycles. The third-order valence-electron chi connectivity index (χ3n) is 7.78. The number of ketones is 2. The largest absolute Gasteiger partial charge is 0.480 e. The molecule has 0 aliphatic heterocycles. The molecule has 266 valence electrons. The highest BCUT2D eigenvalue weighted by Crippen LogP contribution is 2.17. The van der Waals surface area contributed by atoms with E-state index in [0.717, 1.165) is 45.2 Å². The number of amides is 3. The summed E-state index contributed by atoms with van der Waals surface area (Å²) in [5, 5.41) is 38.1. The minimum atomic E-state index is -1.26. The summed E-state index contributed by atoms with van der Waals surface area (Å²) >= 11 is 0. The number of likely N-dealkylation sites (N-methyl/N-ethyl adjacent to an activating group) is 2.